The maximum Gasteiger partial charge on any atom is 0.433 e. The summed E-state index contributed by atoms with van der Waals surface area (Å²) in [6, 6.07) is 8.48. The number of sulfonamides is 1. The number of rotatable bonds is 6. The van der Waals surface area contributed by atoms with Crippen molar-refractivity contribution in [3.8, 4) is 0 Å². The van der Waals surface area contributed by atoms with E-state index in [0.29, 0.717) is 5.56 Å². The van der Waals surface area contributed by atoms with Crippen LogP contribution >= 0.6 is 0 Å². The molecule has 0 fully saturated rings. The monoisotopic (exact) mass is 353 g/mol. The van der Waals surface area contributed by atoms with Gasteiger partial charge in [0.15, 0.2) is 5.76 Å². The molecule has 0 unspecified atom stereocenters. The molecule has 1 amide bonds. The number of nitrogens with zero attached hydrogens (tertiary/aromatic N) is 2. The number of hydrogen-bond acceptors (Lipinski definition) is 6. The number of nitro groups is 1. The SMILES string of the molecule is CN(C)S(=O)(=O)c1ccccc1CNC(=O)c1ccc([N+](=O)[O-])o1. The Balaban J connectivity index is 2.18. The molecule has 9 nitrogen and oxygen atoms in total. The van der Waals surface area contributed by atoms with Gasteiger partial charge >= 0.3 is 5.88 Å². The van der Waals surface area contributed by atoms with Crippen LogP contribution in [-0.4, -0.2) is 37.6 Å². The fraction of sp³-hybridized carbons (Fsp3) is 0.214. The number of hydrogen-bond donors (Lipinski definition) is 1. The normalized spacial score (nSPS) is 11.5. The molecule has 0 spiro atoms. The van der Waals surface area contributed by atoms with Crippen LogP contribution in [0.3, 0.4) is 0 Å². The highest BCUT2D eigenvalue weighted by Gasteiger charge is 2.22. The Labute approximate surface area is 138 Å². The molecule has 0 bridgehead atoms. The maximum atomic E-state index is 12.3. The molecule has 0 saturated heterocycles. The van der Waals surface area contributed by atoms with Gasteiger partial charge in [-0.2, -0.15) is 0 Å². The topological polar surface area (TPSA) is 123 Å². The first-order valence-electron chi connectivity index (χ1n) is 6.76. The van der Waals surface area contributed by atoms with E-state index in [4.69, 9.17) is 4.42 Å². The van der Waals surface area contributed by atoms with Crippen molar-refractivity contribution >= 4 is 21.8 Å². The molecule has 1 aromatic carbocycles. The molecular formula is C14H15N3O6S. The van der Waals surface area contributed by atoms with E-state index in [0.717, 1.165) is 10.4 Å². The van der Waals surface area contributed by atoms with Crippen LogP contribution in [-0.2, 0) is 16.6 Å². The lowest BCUT2D eigenvalue weighted by molar-refractivity contribution is -0.402. The fourth-order valence-corrected chi connectivity index (χ4v) is 3.02. The molecule has 10 heteroatoms. The van der Waals surface area contributed by atoms with Crippen LogP contribution in [0.2, 0.25) is 0 Å². The molecule has 0 aliphatic carbocycles. The van der Waals surface area contributed by atoms with Crippen LogP contribution in [0.5, 0.6) is 0 Å². The second-order valence-corrected chi connectivity index (χ2v) is 7.09. The van der Waals surface area contributed by atoms with Crippen molar-refractivity contribution in [2.45, 2.75) is 11.4 Å². The molecule has 24 heavy (non-hydrogen) atoms. The van der Waals surface area contributed by atoms with E-state index in [1.54, 1.807) is 18.2 Å². The fourth-order valence-electron chi connectivity index (χ4n) is 1.91. The van der Waals surface area contributed by atoms with Gasteiger partial charge in [-0.25, -0.2) is 12.7 Å². The summed E-state index contributed by atoms with van der Waals surface area (Å²) in [7, 11) is -0.839. The maximum absolute atomic E-state index is 12.3. The Kier molecular flexibility index (Phi) is 5.00. The highest BCUT2D eigenvalue weighted by Crippen LogP contribution is 2.19. The van der Waals surface area contributed by atoms with E-state index >= 15 is 0 Å². The van der Waals surface area contributed by atoms with Crippen molar-refractivity contribution in [3.05, 3.63) is 57.8 Å². The van der Waals surface area contributed by atoms with Crippen LogP contribution < -0.4 is 5.32 Å². The molecule has 0 aliphatic rings. The average Bonchev–Trinajstić information content (AvgIpc) is 3.03. The molecular weight excluding hydrogens is 338 g/mol. The molecule has 1 heterocycles. The highest BCUT2D eigenvalue weighted by atomic mass is 32.2. The van der Waals surface area contributed by atoms with Crippen molar-refractivity contribution in [1.29, 1.82) is 0 Å². The van der Waals surface area contributed by atoms with Gasteiger partial charge < -0.3 is 9.73 Å². The first kappa shape index (κ1) is 17.6. The lowest BCUT2D eigenvalue weighted by Crippen LogP contribution is -2.26. The van der Waals surface area contributed by atoms with Crippen LogP contribution in [0, 0.1) is 10.1 Å². The molecule has 2 aromatic rings. The minimum Gasteiger partial charge on any atom is -0.395 e. The van der Waals surface area contributed by atoms with Gasteiger partial charge in [0.1, 0.15) is 4.92 Å². The van der Waals surface area contributed by atoms with Crippen molar-refractivity contribution in [3.63, 3.8) is 0 Å². The molecule has 0 atom stereocenters. The molecule has 1 aromatic heterocycles. The van der Waals surface area contributed by atoms with E-state index < -0.39 is 26.7 Å². The summed E-state index contributed by atoms with van der Waals surface area (Å²) in [5.41, 5.74) is 0.389. The van der Waals surface area contributed by atoms with E-state index in [1.165, 1.54) is 26.2 Å². The Hall–Kier alpha value is -2.72. The lowest BCUT2D eigenvalue weighted by atomic mass is 10.2. The molecule has 0 aliphatic heterocycles. The molecule has 0 saturated carbocycles. The Bertz CT molecular complexity index is 872. The van der Waals surface area contributed by atoms with E-state index in [9.17, 15) is 23.3 Å². The molecule has 128 valence electrons. The number of nitrogens with one attached hydrogen (secondary N) is 1. The Morgan fingerprint density at radius 3 is 2.50 bits per heavy atom. The summed E-state index contributed by atoms with van der Waals surface area (Å²) in [5.74, 6) is -1.45. The van der Waals surface area contributed by atoms with E-state index in [1.807, 2.05) is 0 Å². The van der Waals surface area contributed by atoms with Crippen molar-refractivity contribution in [1.82, 2.24) is 9.62 Å². The zero-order chi connectivity index (χ0) is 17.9. The van der Waals surface area contributed by atoms with Crippen molar-refractivity contribution in [2.24, 2.45) is 0 Å². The lowest BCUT2D eigenvalue weighted by Gasteiger charge is -2.15. The first-order valence-corrected chi connectivity index (χ1v) is 8.20. The van der Waals surface area contributed by atoms with Crippen LogP contribution in [0.15, 0.2) is 45.7 Å². The van der Waals surface area contributed by atoms with E-state index in [2.05, 4.69) is 5.32 Å². The smallest absolute Gasteiger partial charge is 0.395 e. The van der Waals surface area contributed by atoms with Crippen LogP contribution in [0.1, 0.15) is 16.1 Å². The summed E-state index contributed by atoms with van der Waals surface area (Å²) < 4.78 is 30.4. The van der Waals surface area contributed by atoms with Gasteiger partial charge in [0.25, 0.3) is 5.91 Å². The van der Waals surface area contributed by atoms with Crippen LogP contribution in [0.4, 0.5) is 5.88 Å². The molecule has 2 rings (SSSR count). The third-order valence-electron chi connectivity index (χ3n) is 3.17. The van der Waals surface area contributed by atoms with Crippen LogP contribution in [0.25, 0.3) is 0 Å². The van der Waals surface area contributed by atoms with E-state index in [-0.39, 0.29) is 17.2 Å². The summed E-state index contributed by atoms with van der Waals surface area (Å²) in [6.45, 7) is -0.0728. The Morgan fingerprint density at radius 2 is 1.92 bits per heavy atom. The third-order valence-corrected chi connectivity index (χ3v) is 5.08. The Morgan fingerprint density at radius 1 is 1.25 bits per heavy atom. The predicted octanol–water partition coefficient (Wildman–Crippen LogP) is 1.37. The average molecular weight is 353 g/mol. The van der Waals surface area contributed by atoms with Gasteiger partial charge in [-0.3, -0.25) is 14.9 Å². The third kappa shape index (κ3) is 3.60. The zero-order valence-corrected chi connectivity index (χ0v) is 13.7. The second-order valence-electron chi connectivity index (χ2n) is 4.97. The van der Waals surface area contributed by atoms with Gasteiger partial charge in [-0.1, -0.05) is 18.2 Å². The van der Waals surface area contributed by atoms with Crippen molar-refractivity contribution in [2.75, 3.05) is 14.1 Å². The minimum atomic E-state index is -3.66. The summed E-state index contributed by atoms with van der Waals surface area (Å²) in [5, 5.41) is 13.0. The molecule has 1 N–H and O–H groups in total. The van der Waals surface area contributed by atoms with Gasteiger partial charge in [-0.05, 0) is 17.7 Å². The number of furan rings is 1. The van der Waals surface area contributed by atoms with Crippen molar-refractivity contribution < 1.29 is 22.6 Å². The standard InChI is InChI=1S/C14H15N3O6S/c1-16(2)24(21,22)12-6-4-3-5-10(12)9-15-14(18)11-7-8-13(23-11)17(19)20/h3-8H,9H2,1-2H3,(H,15,18). The molecule has 0 radical (unpaired) electrons. The van der Waals surface area contributed by atoms with Gasteiger partial charge in [0, 0.05) is 20.6 Å². The quantitative estimate of drug-likeness (QED) is 0.618. The summed E-state index contributed by atoms with van der Waals surface area (Å²) >= 11 is 0. The summed E-state index contributed by atoms with van der Waals surface area (Å²) in [6.07, 6.45) is 0. The number of carbonyl (C=O) groups is 1. The summed E-state index contributed by atoms with van der Waals surface area (Å²) in [4.78, 5) is 21.8. The first-order chi connectivity index (χ1) is 11.2. The van der Waals surface area contributed by atoms with Gasteiger partial charge in [0.05, 0.1) is 11.0 Å². The second kappa shape index (κ2) is 6.81. The highest BCUT2D eigenvalue weighted by molar-refractivity contribution is 7.89. The van der Waals surface area contributed by atoms with Gasteiger partial charge in [0.2, 0.25) is 10.0 Å². The largest absolute Gasteiger partial charge is 0.433 e. The predicted molar refractivity (Wildman–Crippen MR) is 83.8 cm³/mol. The number of carbonyl (C=O) groups excluding carboxylic acids is 1. The number of benzene rings is 1. The number of amides is 1. The van der Waals surface area contributed by atoms with Gasteiger partial charge in [-0.15, -0.1) is 0 Å². The zero-order valence-electron chi connectivity index (χ0n) is 12.9. The minimum absolute atomic E-state index is 0.0701.